The Labute approximate surface area is 136 Å². The third kappa shape index (κ3) is 3.63. The van der Waals surface area contributed by atoms with Crippen LogP contribution in [0.4, 0.5) is 5.69 Å². The van der Waals surface area contributed by atoms with E-state index in [4.69, 9.17) is 38.6 Å². The highest BCUT2D eigenvalue weighted by atomic mass is 35.7. The molecule has 1 saturated heterocycles. The second-order valence-electron chi connectivity index (χ2n) is 4.66. The molecule has 1 amide bonds. The molecule has 1 unspecified atom stereocenters. The molecule has 2 rings (SSSR count). The van der Waals surface area contributed by atoms with Crippen molar-refractivity contribution >= 4 is 54.5 Å². The molecule has 1 atom stereocenters. The summed E-state index contributed by atoms with van der Waals surface area (Å²) in [6, 6.07) is 1.17. The van der Waals surface area contributed by atoms with Gasteiger partial charge in [-0.3, -0.25) is 4.79 Å². The van der Waals surface area contributed by atoms with E-state index in [0.717, 1.165) is 0 Å². The van der Waals surface area contributed by atoms with Crippen molar-refractivity contribution < 1.29 is 17.9 Å². The van der Waals surface area contributed by atoms with Crippen LogP contribution >= 0.6 is 33.9 Å². The molecular weight excluding hydrogens is 361 g/mol. The van der Waals surface area contributed by atoms with Crippen molar-refractivity contribution in [3.05, 3.63) is 21.7 Å². The molecule has 1 aliphatic heterocycles. The van der Waals surface area contributed by atoms with Crippen molar-refractivity contribution in [3.8, 4) is 0 Å². The molecule has 1 fully saturated rings. The van der Waals surface area contributed by atoms with Gasteiger partial charge in [-0.25, -0.2) is 8.42 Å². The van der Waals surface area contributed by atoms with Crippen molar-refractivity contribution in [2.24, 2.45) is 5.92 Å². The molecule has 5 nitrogen and oxygen atoms in total. The van der Waals surface area contributed by atoms with Crippen LogP contribution in [0.3, 0.4) is 0 Å². The lowest BCUT2D eigenvalue weighted by Gasteiger charge is -2.15. The van der Waals surface area contributed by atoms with E-state index in [0.29, 0.717) is 19.6 Å². The van der Waals surface area contributed by atoms with Gasteiger partial charge < -0.3 is 10.1 Å². The van der Waals surface area contributed by atoms with Crippen molar-refractivity contribution in [2.75, 3.05) is 18.5 Å². The average Bonchev–Trinajstić information content (AvgIpc) is 2.91. The molecule has 0 radical (unpaired) electrons. The number of carbonyl (C=O) groups excluding carboxylic acids is 1. The fourth-order valence-electron chi connectivity index (χ4n) is 2.03. The summed E-state index contributed by atoms with van der Waals surface area (Å²) in [5.74, 6) is -0.536. The largest absolute Gasteiger partial charge is 0.381 e. The van der Waals surface area contributed by atoms with E-state index in [9.17, 15) is 13.2 Å². The van der Waals surface area contributed by atoms with E-state index >= 15 is 0 Å². The second-order valence-corrected chi connectivity index (χ2v) is 7.98. The number of rotatable bonds is 3. The van der Waals surface area contributed by atoms with E-state index in [1.165, 1.54) is 13.0 Å². The monoisotopic (exact) mass is 371 g/mol. The minimum atomic E-state index is -3.97. The number of ether oxygens (including phenoxy) is 1. The summed E-state index contributed by atoms with van der Waals surface area (Å²) >= 11 is 12.1. The molecule has 116 valence electrons. The third-order valence-electron chi connectivity index (χ3n) is 3.23. The molecule has 1 N–H and O–H groups in total. The minimum Gasteiger partial charge on any atom is -0.381 e. The second kappa shape index (κ2) is 6.30. The molecule has 21 heavy (non-hydrogen) atoms. The summed E-state index contributed by atoms with van der Waals surface area (Å²) in [7, 11) is 1.35. The van der Waals surface area contributed by atoms with Crippen LogP contribution in [0.1, 0.15) is 12.0 Å². The summed E-state index contributed by atoms with van der Waals surface area (Å²) in [5.41, 5.74) is 0.408. The van der Waals surface area contributed by atoms with Crippen LogP contribution in [0.2, 0.25) is 10.0 Å². The lowest BCUT2D eigenvalue weighted by molar-refractivity contribution is -0.119. The first-order chi connectivity index (χ1) is 9.71. The fraction of sp³-hybridized carbons (Fsp3) is 0.417. The number of benzene rings is 1. The molecule has 0 aromatic heterocycles. The zero-order valence-corrected chi connectivity index (χ0v) is 14.0. The summed E-state index contributed by atoms with van der Waals surface area (Å²) in [4.78, 5) is 11.9. The molecule has 1 aromatic rings. The summed E-state index contributed by atoms with van der Waals surface area (Å²) in [6.45, 7) is 2.36. The zero-order valence-electron chi connectivity index (χ0n) is 11.0. The lowest BCUT2D eigenvalue weighted by atomic mass is 10.1. The SMILES string of the molecule is Cc1c(S(=O)(=O)Cl)cc(Cl)c(NC(=O)C2CCOC2)c1Cl. The highest BCUT2D eigenvalue weighted by Gasteiger charge is 2.26. The summed E-state index contributed by atoms with van der Waals surface area (Å²) in [6.07, 6.45) is 0.619. The number of hydrogen-bond donors (Lipinski definition) is 1. The van der Waals surface area contributed by atoms with Crippen LogP contribution in [0, 0.1) is 12.8 Å². The summed E-state index contributed by atoms with van der Waals surface area (Å²) < 4.78 is 28.0. The first-order valence-electron chi connectivity index (χ1n) is 6.03. The van der Waals surface area contributed by atoms with Gasteiger partial charge in [0.25, 0.3) is 9.05 Å². The Morgan fingerprint density at radius 3 is 2.62 bits per heavy atom. The average molecular weight is 373 g/mol. The Morgan fingerprint density at radius 2 is 2.10 bits per heavy atom. The van der Waals surface area contributed by atoms with Gasteiger partial charge in [-0.1, -0.05) is 23.2 Å². The molecule has 0 bridgehead atoms. The number of amides is 1. The molecular formula is C12H12Cl3NO4S. The van der Waals surface area contributed by atoms with Crippen molar-refractivity contribution in [1.29, 1.82) is 0 Å². The van der Waals surface area contributed by atoms with E-state index in [-0.39, 0.29) is 38.0 Å². The molecule has 0 spiro atoms. The predicted molar refractivity (Wildman–Crippen MR) is 81.8 cm³/mol. The van der Waals surface area contributed by atoms with Gasteiger partial charge in [-0.2, -0.15) is 0 Å². The maximum atomic E-state index is 12.1. The van der Waals surface area contributed by atoms with Crippen LogP contribution in [0.15, 0.2) is 11.0 Å². The van der Waals surface area contributed by atoms with Crippen LogP contribution in [0.25, 0.3) is 0 Å². The van der Waals surface area contributed by atoms with Gasteiger partial charge in [-0.15, -0.1) is 0 Å². The normalized spacial score (nSPS) is 18.8. The number of anilines is 1. The highest BCUT2D eigenvalue weighted by Crippen LogP contribution is 2.38. The standard InChI is InChI=1S/C12H12Cl3NO4S/c1-6-9(21(15,18)19)4-8(13)11(10(6)14)16-12(17)7-2-3-20-5-7/h4,7H,2-3,5H2,1H3,(H,16,17). The maximum absolute atomic E-state index is 12.1. The van der Waals surface area contributed by atoms with Gasteiger partial charge in [0.2, 0.25) is 5.91 Å². The van der Waals surface area contributed by atoms with Gasteiger partial charge in [-0.05, 0) is 25.0 Å². The number of carbonyl (C=O) groups is 1. The van der Waals surface area contributed by atoms with Crippen molar-refractivity contribution in [2.45, 2.75) is 18.2 Å². The Hall–Kier alpha value is -0.530. The zero-order chi connectivity index (χ0) is 15.8. The Morgan fingerprint density at radius 1 is 1.43 bits per heavy atom. The van der Waals surface area contributed by atoms with Crippen LogP contribution in [0.5, 0.6) is 0 Å². The lowest BCUT2D eigenvalue weighted by Crippen LogP contribution is -2.23. The van der Waals surface area contributed by atoms with Gasteiger partial charge in [0.15, 0.2) is 0 Å². The third-order valence-corrected chi connectivity index (χ3v) is 5.44. The Balaban J connectivity index is 2.37. The smallest absolute Gasteiger partial charge is 0.261 e. The molecule has 0 saturated carbocycles. The molecule has 1 heterocycles. The van der Waals surface area contributed by atoms with E-state index < -0.39 is 9.05 Å². The highest BCUT2D eigenvalue weighted by molar-refractivity contribution is 8.13. The van der Waals surface area contributed by atoms with Gasteiger partial charge in [0, 0.05) is 17.3 Å². The quantitative estimate of drug-likeness (QED) is 0.827. The minimum absolute atomic E-state index is 0.0112. The van der Waals surface area contributed by atoms with Crippen molar-refractivity contribution in [3.63, 3.8) is 0 Å². The van der Waals surface area contributed by atoms with E-state index in [1.54, 1.807) is 0 Å². The van der Waals surface area contributed by atoms with Crippen LogP contribution < -0.4 is 5.32 Å². The van der Waals surface area contributed by atoms with E-state index in [1.807, 2.05) is 0 Å². The molecule has 1 aliphatic rings. The van der Waals surface area contributed by atoms with Crippen LogP contribution in [-0.4, -0.2) is 27.5 Å². The van der Waals surface area contributed by atoms with Crippen LogP contribution in [-0.2, 0) is 18.6 Å². The van der Waals surface area contributed by atoms with Gasteiger partial charge >= 0.3 is 0 Å². The number of hydrogen-bond acceptors (Lipinski definition) is 4. The van der Waals surface area contributed by atoms with Gasteiger partial charge in [0.05, 0.1) is 33.2 Å². The maximum Gasteiger partial charge on any atom is 0.261 e. The number of halogens is 3. The molecule has 1 aromatic carbocycles. The first kappa shape index (κ1) is 16.8. The van der Waals surface area contributed by atoms with Gasteiger partial charge in [0.1, 0.15) is 0 Å². The van der Waals surface area contributed by atoms with E-state index in [2.05, 4.69) is 5.32 Å². The Bertz CT molecular complexity index is 684. The summed E-state index contributed by atoms with van der Waals surface area (Å²) in [5, 5.41) is 2.68. The molecule has 0 aliphatic carbocycles. The first-order valence-corrected chi connectivity index (χ1v) is 9.10. The fourth-order valence-corrected chi connectivity index (χ4v) is 3.91. The number of nitrogens with one attached hydrogen (secondary N) is 1. The Kier molecular flexibility index (Phi) is 5.05. The topological polar surface area (TPSA) is 72.5 Å². The molecule has 9 heteroatoms. The predicted octanol–water partition coefficient (Wildman–Crippen LogP) is 3.20. The van der Waals surface area contributed by atoms with Crippen molar-refractivity contribution in [1.82, 2.24) is 0 Å².